The summed E-state index contributed by atoms with van der Waals surface area (Å²) in [4.78, 5) is 10.7. The minimum absolute atomic E-state index is 0.319. The van der Waals surface area contributed by atoms with Crippen LogP contribution >= 0.6 is 0 Å². The summed E-state index contributed by atoms with van der Waals surface area (Å²) in [7, 11) is 0. The number of carboxylic acid groups (broad SMARTS) is 1. The van der Waals surface area contributed by atoms with Crippen molar-refractivity contribution in [2.75, 3.05) is 6.61 Å². The molecular formula is C13H11NO3. The summed E-state index contributed by atoms with van der Waals surface area (Å²) in [5.41, 5.74) is 0.216. The average Bonchev–Trinajstić information content (AvgIpc) is 2.34. The Bertz CT molecular complexity index is 498. The van der Waals surface area contributed by atoms with Gasteiger partial charge in [0.25, 0.3) is 0 Å². The van der Waals surface area contributed by atoms with Crippen molar-refractivity contribution in [3.8, 4) is 11.8 Å². The molecule has 1 aromatic rings. The Labute approximate surface area is 99.1 Å². The lowest BCUT2D eigenvalue weighted by Crippen LogP contribution is -1.99. The predicted octanol–water partition coefficient (Wildman–Crippen LogP) is 2.24. The molecule has 0 aliphatic carbocycles. The molecule has 17 heavy (non-hydrogen) atoms. The van der Waals surface area contributed by atoms with Crippen molar-refractivity contribution >= 4 is 12.0 Å². The highest BCUT2D eigenvalue weighted by atomic mass is 16.5. The second-order valence-electron chi connectivity index (χ2n) is 3.11. The number of para-hydroxylation sites is 1. The van der Waals surface area contributed by atoms with Gasteiger partial charge in [0.15, 0.2) is 0 Å². The minimum Gasteiger partial charge on any atom is -0.489 e. The monoisotopic (exact) mass is 229 g/mol. The molecule has 0 aromatic heterocycles. The van der Waals surface area contributed by atoms with Crippen LogP contribution in [0.1, 0.15) is 5.56 Å². The minimum atomic E-state index is -1.26. The molecule has 1 N–H and O–H groups in total. The van der Waals surface area contributed by atoms with E-state index in [1.54, 1.807) is 36.4 Å². The van der Waals surface area contributed by atoms with Gasteiger partial charge in [-0.3, -0.25) is 0 Å². The molecule has 0 fully saturated rings. The van der Waals surface area contributed by atoms with Crippen LogP contribution in [-0.2, 0) is 4.79 Å². The number of benzene rings is 1. The van der Waals surface area contributed by atoms with Crippen molar-refractivity contribution < 1.29 is 14.6 Å². The maximum absolute atomic E-state index is 10.7. The van der Waals surface area contributed by atoms with Crippen LogP contribution < -0.4 is 4.74 Å². The number of carbonyl (C=O) groups is 1. The quantitative estimate of drug-likeness (QED) is 0.477. The summed E-state index contributed by atoms with van der Waals surface area (Å²) in [6, 6.07) is 8.50. The third-order valence-electron chi connectivity index (χ3n) is 1.93. The van der Waals surface area contributed by atoms with E-state index in [0.29, 0.717) is 17.9 Å². The van der Waals surface area contributed by atoms with E-state index in [1.807, 2.05) is 0 Å². The summed E-state index contributed by atoms with van der Waals surface area (Å²) in [6.45, 7) is 3.84. The first-order valence-electron chi connectivity index (χ1n) is 4.87. The summed E-state index contributed by atoms with van der Waals surface area (Å²) >= 11 is 0. The molecule has 1 rings (SSSR count). The van der Waals surface area contributed by atoms with Gasteiger partial charge in [0, 0.05) is 5.56 Å². The summed E-state index contributed by atoms with van der Waals surface area (Å²) < 4.78 is 5.35. The molecule has 1 aromatic carbocycles. The Morgan fingerprint density at radius 3 is 2.82 bits per heavy atom. The van der Waals surface area contributed by atoms with Crippen LogP contribution in [0, 0.1) is 11.3 Å². The van der Waals surface area contributed by atoms with Crippen LogP contribution in [-0.4, -0.2) is 17.7 Å². The first-order valence-corrected chi connectivity index (χ1v) is 4.87. The van der Waals surface area contributed by atoms with Gasteiger partial charge in [-0.15, -0.1) is 0 Å². The molecule has 0 aliphatic rings. The number of ether oxygens (including phenoxy) is 1. The van der Waals surface area contributed by atoms with Gasteiger partial charge in [0.05, 0.1) is 0 Å². The lowest BCUT2D eigenvalue weighted by Gasteiger charge is -2.06. The van der Waals surface area contributed by atoms with Crippen LogP contribution in [0.15, 0.2) is 42.5 Å². The van der Waals surface area contributed by atoms with E-state index in [9.17, 15) is 4.79 Å². The van der Waals surface area contributed by atoms with E-state index in [2.05, 4.69) is 6.58 Å². The number of hydrogen-bond donors (Lipinski definition) is 1. The third-order valence-corrected chi connectivity index (χ3v) is 1.93. The third kappa shape index (κ3) is 3.50. The van der Waals surface area contributed by atoms with Crippen molar-refractivity contribution in [2.45, 2.75) is 0 Å². The fourth-order valence-electron chi connectivity index (χ4n) is 1.18. The van der Waals surface area contributed by atoms with Crippen molar-refractivity contribution in [3.05, 3.63) is 48.1 Å². The van der Waals surface area contributed by atoms with E-state index < -0.39 is 5.97 Å². The van der Waals surface area contributed by atoms with Gasteiger partial charge < -0.3 is 9.84 Å². The van der Waals surface area contributed by atoms with Gasteiger partial charge in [-0.25, -0.2) is 4.79 Å². The highest BCUT2D eigenvalue weighted by Gasteiger charge is 2.08. The Kier molecular flexibility index (Phi) is 4.52. The Balaban J connectivity index is 3.09. The number of nitriles is 1. The van der Waals surface area contributed by atoms with E-state index in [4.69, 9.17) is 15.1 Å². The Morgan fingerprint density at radius 2 is 2.24 bits per heavy atom. The molecule has 0 amide bonds. The molecule has 0 atom stereocenters. The van der Waals surface area contributed by atoms with E-state index in [0.717, 1.165) is 0 Å². The molecule has 0 spiro atoms. The molecule has 0 aliphatic heterocycles. The maximum atomic E-state index is 10.7. The molecule has 0 bridgehead atoms. The van der Waals surface area contributed by atoms with E-state index >= 15 is 0 Å². The van der Waals surface area contributed by atoms with Crippen molar-refractivity contribution in [1.29, 1.82) is 5.26 Å². The number of carboxylic acids is 1. The van der Waals surface area contributed by atoms with Crippen LogP contribution in [0.4, 0.5) is 0 Å². The summed E-state index contributed by atoms with van der Waals surface area (Å²) in [6.07, 6.45) is 2.86. The zero-order valence-electron chi connectivity index (χ0n) is 9.09. The number of hydrogen-bond acceptors (Lipinski definition) is 3. The number of nitrogens with zero attached hydrogens (tertiary/aromatic N) is 1. The summed E-state index contributed by atoms with van der Waals surface area (Å²) in [5.74, 6) is -0.743. The fraction of sp³-hybridized carbons (Fsp3) is 0.0769. The second kappa shape index (κ2) is 6.13. The lowest BCUT2D eigenvalue weighted by atomic mass is 10.1. The van der Waals surface area contributed by atoms with Gasteiger partial charge >= 0.3 is 5.97 Å². The first-order chi connectivity index (χ1) is 8.19. The van der Waals surface area contributed by atoms with E-state index in [1.165, 1.54) is 6.08 Å². The topological polar surface area (TPSA) is 70.3 Å². The van der Waals surface area contributed by atoms with Crippen LogP contribution in [0.2, 0.25) is 0 Å². The molecule has 0 radical (unpaired) electrons. The van der Waals surface area contributed by atoms with Gasteiger partial charge in [-0.1, -0.05) is 30.9 Å². The van der Waals surface area contributed by atoms with Crippen LogP contribution in [0.3, 0.4) is 0 Å². The first kappa shape index (κ1) is 12.5. The zero-order chi connectivity index (χ0) is 12.7. The molecule has 4 heteroatoms. The van der Waals surface area contributed by atoms with E-state index in [-0.39, 0.29) is 5.57 Å². The van der Waals surface area contributed by atoms with Gasteiger partial charge in [0.2, 0.25) is 0 Å². The van der Waals surface area contributed by atoms with Crippen LogP contribution in [0.5, 0.6) is 5.75 Å². The predicted molar refractivity (Wildman–Crippen MR) is 63.4 cm³/mol. The number of aliphatic carboxylic acids is 1. The van der Waals surface area contributed by atoms with Crippen molar-refractivity contribution in [3.63, 3.8) is 0 Å². The zero-order valence-corrected chi connectivity index (χ0v) is 9.09. The Morgan fingerprint density at radius 1 is 1.53 bits per heavy atom. The summed E-state index contributed by atoms with van der Waals surface area (Å²) in [5, 5.41) is 17.4. The molecule has 0 saturated carbocycles. The standard InChI is InChI=1S/C13H11NO3/c1-2-7-17-12-6-4-3-5-10(12)8-11(9-14)13(15)16/h2-6,8H,1,7H2,(H,15,16). The Hall–Kier alpha value is -2.54. The largest absolute Gasteiger partial charge is 0.489 e. The SMILES string of the molecule is C=CCOc1ccccc1C=C(C#N)C(=O)O. The molecule has 0 unspecified atom stereocenters. The van der Waals surface area contributed by atoms with Crippen LogP contribution in [0.25, 0.3) is 6.08 Å². The smallest absolute Gasteiger partial charge is 0.346 e. The highest BCUT2D eigenvalue weighted by molar-refractivity contribution is 5.96. The van der Waals surface area contributed by atoms with Gasteiger partial charge in [-0.2, -0.15) is 5.26 Å². The fourth-order valence-corrected chi connectivity index (χ4v) is 1.18. The van der Waals surface area contributed by atoms with Crippen molar-refractivity contribution in [2.24, 2.45) is 0 Å². The number of rotatable bonds is 5. The average molecular weight is 229 g/mol. The van der Waals surface area contributed by atoms with Crippen molar-refractivity contribution in [1.82, 2.24) is 0 Å². The normalized spacial score (nSPS) is 10.4. The van der Waals surface area contributed by atoms with Gasteiger partial charge in [0.1, 0.15) is 24.0 Å². The van der Waals surface area contributed by atoms with Gasteiger partial charge in [-0.05, 0) is 12.1 Å². The maximum Gasteiger partial charge on any atom is 0.346 e. The molecule has 0 saturated heterocycles. The molecule has 4 nitrogen and oxygen atoms in total. The second-order valence-corrected chi connectivity index (χ2v) is 3.11. The molecule has 0 heterocycles. The molecular weight excluding hydrogens is 218 g/mol. The lowest BCUT2D eigenvalue weighted by molar-refractivity contribution is -0.132. The molecule has 86 valence electrons. The highest BCUT2D eigenvalue weighted by Crippen LogP contribution is 2.20.